The van der Waals surface area contributed by atoms with Gasteiger partial charge in [0.1, 0.15) is 0 Å². The molecule has 1 aliphatic heterocycles. The van der Waals surface area contributed by atoms with Crippen molar-refractivity contribution in [2.45, 2.75) is 6.92 Å². The molecule has 0 spiro atoms. The molecule has 0 radical (unpaired) electrons. The minimum atomic E-state index is -0.00556. The SMILES string of the molecule is Cc1c(N2CCOCC2)cc[nH]c1=O. The minimum absolute atomic E-state index is 0.00556. The third-order valence-electron chi connectivity index (χ3n) is 2.53. The molecule has 76 valence electrons. The molecular weight excluding hydrogens is 180 g/mol. The first-order chi connectivity index (χ1) is 6.79. The van der Waals surface area contributed by atoms with E-state index in [-0.39, 0.29) is 5.56 Å². The molecule has 1 aromatic heterocycles. The lowest BCUT2D eigenvalue weighted by atomic mass is 10.2. The second-order valence-electron chi connectivity index (χ2n) is 3.42. The van der Waals surface area contributed by atoms with Gasteiger partial charge >= 0.3 is 0 Å². The van der Waals surface area contributed by atoms with E-state index in [1.807, 2.05) is 13.0 Å². The number of nitrogens with zero attached hydrogens (tertiary/aromatic N) is 1. The summed E-state index contributed by atoms with van der Waals surface area (Å²) in [7, 11) is 0. The molecule has 1 saturated heterocycles. The average Bonchev–Trinajstić information content (AvgIpc) is 2.23. The van der Waals surface area contributed by atoms with Crippen molar-refractivity contribution in [2.75, 3.05) is 31.2 Å². The van der Waals surface area contributed by atoms with Crippen LogP contribution >= 0.6 is 0 Å². The second kappa shape index (κ2) is 3.84. The van der Waals surface area contributed by atoms with Crippen molar-refractivity contribution in [2.24, 2.45) is 0 Å². The van der Waals surface area contributed by atoms with Crippen molar-refractivity contribution in [3.05, 3.63) is 28.2 Å². The highest BCUT2D eigenvalue weighted by molar-refractivity contribution is 5.51. The monoisotopic (exact) mass is 194 g/mol. The third-order valence-corrected chi connectivity index (χ3v) is 2.53. The maximum Gasteiger partial charge on any atom is 0.252 e. The van der Waals surface area contributed by atoms with Crippen LogP contribution in [0.3, 0.4) is 0 Å². The number of aromatic nitrogens is 1. The predicted molar refractivity (Wildman–Crippen MR) is 54.8 cm³/mol. The van der Waals surface area contributed by atoms with Gasteiger partial charge < -0.3 is 14.6 Å². The second-order valence-corrected chi connectivity index (χ2v) is 3.42. The maximum atomic E-state index is 11.4. The number of hydrogen-bond acceptors (Lipinski definition) is 3. The van der Waals surface area contributed by atoms with E-state index in [0.717, 1.165) is 37.6 Å². The van der Waals surface area contributed by atoms with Crippen molar-refractivity contribution in [3.63, 3.8) is 0 Å². The first-order valence-electron chi connectivity index (χ1n) is 4.80. The van der Waals surface area contributed by atoms with E-state index in [1.165, 1.54) is 0 Å². The van der Waals surface area contributed by atoms with E-state index in [9.17, 15) is 4.79 Å². The molecule has 0 amide bonds. The summed E-state index contributed by atoms with van der Waals surface area (Å²) in [4.78, 5) is 16.2. The van der Waals surface area contributed by atoms with Crippen LogP contribution in [-0.4, -0.2) is 31.3 Å². The fraction of sp³-hybridized carbons (Fsp3) is 0.500. The molecule has 0 bridgehead atoms. The molecule has 0 aliphatic carbocycles. The first-order valence-corrected chi connectivity index (χ1v) is 4.80. The highest BCUT2D eigenvalue weighted by atomic mass is 16.5. The van der Waals surface area contributed by atoms with Gasteiger partial charge in [-0.3, -0.25) is 4.79 Å². The fourth-order valence-electron chi connectivity index (χ4n) is 1.69. The van der Waals surface area contributed by atoms with E-state index in [4.69, 9.17) is 4.74 Å². The highest BCUT2D eigenvalue weighted by Crippen LogP contribution is 2.16. The highest BCUT2D eigenvalue weighted by Gasteiger charge is 2.13. The zero-order valence-electron chi connectivity index (χ0n) is 8.25. The Morgan fingerprint density at radius 1 is 1.43 bits per heavy atom. The Morgan fingerprint density at radius 3 is 2.86 bits per heavy atom. The quantitative estimate of drug-likeness (QED) is 0.709. The van der Waals surface area contributed by atoms with Crippen molar-refractivity contribution >= 4 is 5.69 Å². The zero-order valence-corrected chi connectivity index (χ0v) is 8.25. The summed E-state index contributed by atoms with van der Waals surface area (Å²) < 4.78 is 5.26. The number of anilines is 1. The maximum absolute atomic E-state index is 11.4. The molecule has 1 N–H and O–H groups in total. The van der Waals surface area contributed by atoms with Gasteiger partial charge in [-0.05, 0) is 13.0 Å². The molecular formula is C10H14N2O2. The number of pyridine rings is 1. The summed E-state index contributed by atoms with van der Waals surface area (Å²) >= 11 is 0. The number of nitrogens with one attached hydrogen (secondary N) is 1. The molecule has 4 nitrogen and oxygen atoms in total. The van der Waals surface area contributed by atoms with E-state index >= 15 is 0 Å². The first kappa shape index (κ1) is 9.27. The van der Waals surface area contributed by atoms with E-state index in [0.29, 0.717) is 0 Å². The standard InChI is InChI=1S/C10H14N2O2/c1-8-9(2-3-11-10(8)13)12-4-6-14-7-5-12/h2-3H,4-7H2,1H3,(H,11,13). The largest absolute Gasteiger partial charge is 0.378 e. The lowest BCUT2D eigenvalue weighted by molar-refractivity contribution is 0.122. The summed E-state index contributed by atoms with van der Waals surface area (Å²) in [5.41, 5.74) is 1.81. The summed E-state index contributed by atoms with van der Waals surface area (Å²) in [5, 5.41) is 0. The number of morpholine rings is 1. The van der Waals surface area contributed by atoms with Crippen LogP contribution in [0.1, 0.15) is 5.56 Å². The van der Waals surface area contributed by atoms with Crippen LogP contribution in [0, 0.1) is 6.92 Å². The molecule has 0 atom stereocenters. The van der Waals surface area contributed by atoms with E-state index < -0.39 is 0 Å². The fourth-order valence-corrected chi connectivity index (χ4v) is 1.69. The molecule has 14 heavy (non-hydrogen) atoms. The van der Waals surface area contributed by atoms with Gasteiger partial charge in [-0.2, -0.15) is 0 Å². The van der Waals surface area contributed by atoms with Gasteiger partial charge in [0, 0.05) is 30.5 Å². The minimum Gasteiger partial charge on any atom is -0.378 e. The van der Waals surface area contributed by atoms with Crippen molar-refractivity contribution in [3.8, 4) is 0 Å². The predicted octanol–water partition coefficient (Wildman–Crippen LogP) is 0.520. The van der Waals surface area contributed by atoms with Crippen LogP contribution in [0.25, 0.3) is 0 Å². The molecule has 2 heterocycles. The normalized spacial score (nSPS) is 17.1. The lowest BCUT2D eigenvalue weighted by Gasteiger charge is -2.29. The molecule has 2 rings (SSSR count). The Hall–Kier alpha value is -1.29. The van der Waals surface area contributed by atoms with Crippen LogP contribution in [0.15, 0.2) is 17.1 Å². The van der Waals surface area contributed by atoms with Crippen LogP contribution in [-0.2, 0) is 4.74 Å². The topological polar surface area (TPSA) is 45.3 Å². The molecule has 4 heteroatoms. The van der Waals surface area contributed by atoms with Crippen LogP contribution < -0.4 is 10.5 Å². The Labute approximate surface area is 82.5 Å². The number of ether oxygens (including phenoxy) is 1. The van der Waals surface area contributed by atoms with Gasteiger partial charge in [-0.15, -0.1) is 0 Å². The number of rotatable bonds is 1. The Morgan fingerprint density at radius 2 is 2.14 bits per heavy atom. The summed E-state index contributed by atoms with van der Waals surface area (Å²) in [6.07, 6.45) is 1.69. The summed E-state index contributed by atoms with van der Waals surface area (Å²) in [6.45, 7) is 5.07. The van der Waals surface area contributed by atoms with Gasteiger partial charge in [0.05, 0.1) is 13.2 Å². The molecule has 1 aliphatic rings. The van der Waals surface area contributed by atoms with Gasteiger partial charge in [-0.25, -0.2) is 0 Å². The molecule has 0 saturated carbocycles. The van der Waals surface area contributed by atoms with Crippen LogP contribution in [0.5, 0.6) is 0 Å². The van der Waals surface area contributed by atoms with Crippen molar-refractivity contribution in [1.29, 1.82) is 0 Å². The van der Waals surface area contributed by atoms with Gasteiger partial charge in [-0.1, -0.05) is 0 Å². The smallest absolute Gasteiger partial charge is 0.252 e. The number of hydrogen-bond donors (Lipinski definition) is 1. The van der Waals surface area contributed by atoms with Gasteiger partial charge in [0.15, 0.2) is 0 Å². The molecule has 0 aromatic carbocycles. The number of H-pyrrole nitrogens is 1. The van der Waals surface area contributed by atoms with Gasteiger partial charge in [0.2, 0.25) is 0 Å². The molecule has 1 fully saturated rings. The third kappa shape index (κ3) is 1.65. The van der Waals surface area contributed by atoms with Crippen LogP contribution in [0.4, 0.5) is 5.69 Å². The summed E-state index contributed by atoms with van der Waals surface area (Å²) in [6, 6.07) is 1.95. The van der Waals surface area contributed by atoms with Crippen LogP contribution in [0.2, 0.25) is 0 Å². The molecule has 1 aromatic rings. The Kier molecular flexibility index (Phi) is 2.54. The average molecular weight is 194 g/mol. The van der Waals surface area contributed by atoms with Crippen molar-refractivity contribution in [1.82, 2.24) is 4.98 Å². The van der Waals surface area contributed by atoms with Crippen molar-refractivity contribution < 1.29 is 4.74 Å². The lowest BCUT2D eigenvalue weighted by Crippen LogP contribution is -2.37. The number of aromatic amines is 1. The Bertz CT molecular complexity index is 367. The van der Waals surface area contributed by atoms with E-state index in [2.05, 4.69) is 9.88 Å². The molecule has 0 unspecified atom stereocenters. The van der Waals surface area contributed by atoms with Gasteiger partial charge in [0.25, 0.3) is 5.56 Å². The Balaban J connectivity index is 2.30. The summed E-state index contributed by atoms with van der Waals surface area (Å²) in [5.74, 6) is 0. The zero-order chi connectivity index (χ0) is 9.97. The van der Waals surface area contributed by atoms with E-state index in [1.54, 1.807) is 6.20 Å².